The Labute approximate surface area is 225 Å². The molecule has 212 valence electrons. The Bertz CT molecular complexity index is 989. The molecular formula is C29H43NO8. The molecule has 0 bridgehead atoms. The molecule has 3 fully saturated rings. The molecule has 9 unspecified atom stereocenters. The molecule has 0 aromatic rings. The van der Waals surface area contributed by atoms with Crippen molar-refractivity contribution in [3.8, 4) is 0 Å². The average Bonchev–Trinajstić information content (AvgIpc) is 3.48. The van der Waals surface area contributed by atoms with Gasteiger partial charge in [-0.3, -0.25) is 9.59 Å². The summed E-state index contributed by atoms with van der Waals surface area (Å²) in [5.41, 5.74) is 0.195. The van der Waals surface area contributed by atoms with Gasteiger partial charge in [-0.1, -0.05) is 37.3 Å². The molecule has 3 aliphatic heterocycles. The molecule has 2 N–H and O–H groups in total. The zero-order valence-electron chi connectivity index (χ0n) is 23.6. The van der Waals surface area contributed by atoms with Crippen LogP contribution in [0.25, 0.3) is 0 Å². The van der Waals surface area contributed by atoms with E-state index in [-0.39, 0.29) is 30.1 Å². The van der Waals surface area contributed by atoms with E-state index in [4.69, 9.17) is 23.7 Å². The molecule has 9 heteroatoms. The van der Waals surface area contributed by atoms with Crippen molar-refractivity contribution in [2.45, 2.75) is 109 Å². The Kier molecular flexibility index (Phi) is 9.62. The summed E-state index contributed by atoms with van der Waals surface area (Å²) in [6.07, 6.45) is 8.64. The SMILES string of the molecule is C=C1OC12CC(C)(OC)OC(C=CC(C)=CCC1OC(C)C(NC(=O)C=CC(C)OC(C)=O)CC1C)C2O. The lowest BCUT2D eigenvalue weighted by Crippen LogP contribution is -2.55. The second-order valence-corrected chi connectivity index (χ2v) is 10.9. The van der Waals surface area contributed by atoms with E-state index >= 15 is 0 Å². The molecule has 3 rings (SSSR count). The van der Waals surface area contributed by atoms with E-state index in [1.54, 1.807) is 20.1 Å². The molecule has 1 spiro atoms. The van der Waals surface area contributed by atoms with E-state index in [0.29, 0.717) is 12.2 Å². The van der Waals surface area contributed by atoms with E-state index in [1.165, 1.54) is 13.0 Å². The van der Waals surface area contributed by atoms with Crippen LogP contribution in [0.4, 0.5) is 0 Å². The third-order valence-electron chi connectivity index (χ3n) is 7.56. The first-order valence-corrected chi connectivity index (χ1v) is 13.2. The number of aliphatic hydroxyl groups excluding tert-OH is 1. The van der Waals surface area contributed by atoms with Gasteiger partial charge >= 0.3 is 5.97 Å². The first-order valence-electron chi connectivity index (χ1n) is 13.2. The number of nitrogens with one attached hydrogen (secondary N) is 1. The highest BCUT2D eigenvalue weighted by molar-refractivity contribution is 5.87. The minimum Gasteiger partial charge on any atom is -0.477 e. The molecule has 3 saturated heterocycles. The summed E-state index contributed by atoms with van der Waals surface area (Å²) in [5, 5.41) is 13.8. The Balaban J connectivity index is 1.52. The highest BCUT2D eigenvalue weighted by Gasteiger charge is 2.66. The van der Waals surface area contributed by atoms with Gasteiger partial charge in [0.05, 0.1) is 24.7 Å². The third kappa shape index (κ3) is 7.34. The number of amides is 1. The van der Waals surface area contributed by atoms with Gasteiger partial charge in [-0.2, -0.15) is 0 Å². The summed E-state index contributed by atoms with van der Waals surface area (Å²) < 4.78 is 28.4. The number of aliphatic hydroxyl groups is 1. The zero-order chi connectivity index (χ0) is 28.3. The Morgan fingerprint density at radius 3 is 2.58 bits per heavy atom. The van der Waals surface area contributed by atoms with Crippen LogP contribution in [-0.2, 0) is 33.3 Å². The topological polar surface area (TPSA) is 116 Å². The molecule has 38 heavy (non-hydrogen) atoms. The van der Waals surface area contributed by atoms with Crippen LogP contribution in [0.3, 0.4) is 0 Å². The second-order valence-electron chi connectivity index (χ2n) is 10.9. The summed E-state index contributed by atoms with van der Waals surface area (Å²) in [6, 6.07) is -0.112. The van der Waals surface area contributed by atoms with Gasteiger partial charge in [-0.05, 0) is 52.5 Å². The molecule has 0 aromatic heterocycles. The van der Waals surface area contributed by atoms with E-state index in [0.717, 1.165) is 18.4 Å². The van der Waals surface area contributed by atoms with E-state index in [2.05, 4.69) is 24.9 Å². The molecule has 0 aliphatic carbocycles. The minimum atomic E-state index is -0.880. The van der Waals surface area contributed by atoms with Gasteiger partial charge in [-0.15, -0.1) is 0 Å². The van der Waals surface area contributed by atoms with Crippen molar-refractivity contribution in [1.82, 2.24) is 5.32 Å². The smallest absolute Gasteiger partial charge is 0.303 e. The molecule has 0 aromatic carbocycles. The fourth-order valence-corrected chi connectivity index (χ4v) is 5.14. The van der Waals surface area contributed by atoms with Gasteiger partial charge in [0.1, 0.15) is 24.1 Å². The molecule has 3 aliphatic rings. The van der Waals surface area contributed by atoms with Gasteiger partial charge in [0.25, 0.3) is 0 Å². The number of carbonyl (C=O) groups is 2. The number of carbonyl (C=O) groups excluding carboxylic acids is 2. The van der Waals surface area contributed by atoms with Gasteiger partial charge < -0.3 is 34.1 Å². The van der Waals surface area contributed by atoms with Crippen LogP contribution in [-0.4, -0.2) is 72.0 Å². The first-order chi connectivity index (χ1) is 17.8. The lowest BCUT2D eigenvalue weighted by atomic mass is 9.86. The van der Waals surface area contributed by atoms with Crippen LogP contribution < -0.4 is 5.32 Å². The van der Waals surface area contributed by atoms with Crippen LogP contribution in [0.1, 0.15) is 60.8 Å². The maximum atomic E-state index is 12.3. The summed E-state index contributed by atoms with van der Waals surface area (Å²) in [4.78, 5) is 23.3. The number of ether oxygens (including phenoxy) is 5. The predicted octanol–water partition coefficient (Wildman–Crippen LogP) is 3.48. The number of esters is 1. The normalized spacial score (nSPS) is 38.3. The lowest BCUT2D eigenvalue weighted by Gasteiger charge is -2.41. The van der Waals surface area contributed by atoms with Crippen LogP contribution in [0.15, 0.2) is 48.3 Å². The number of hydrogen-bond acceptors (Lipinski definition) is 8. The standard InChI is InChI=1S/C29H43NO8/c1-17(10-13-25-27(33)29(21(5)37-29)16-28(7,34-8)38-25)9-12-24-18(2)15-23(20(4)36-24)30-26(32)14-11-19(3)35-22(6)31/h9-11,13-14,18-20,23-25,27,33H,5,12,15-16H2,1-4,6-8H3,(H,30,32). The predicted molar refractivity (Wildman–Crippen MR) is 142 cm³/mol. The van der Waals surface area contributed by atoms with Crippen molar-refractivity contribution < 1.29 is 38.4 Å². The maximum Gasteiger partial charge on any atom is 0.303 e. The second kappa shape index (κ2) is 12.2. The Hall–Kier alpha value is -2.46. The van der Waals surface area contributed by atoms with Crippen molar-refractivity contribution in [3.05, 3.63) is 48.3 Å². The molecule has 0 radical (unpaired) electrons. The monoisotopic (exact) mass is 533 g/mol. The van der Waals surface area contributed by atoms with Crippen molar-refractivity contribution in [1.29, 1.82) is 0 Å². The first kappa shape index (κ1) is 30.1. The summed E-state index contributed by atoms with van der Waals surface area (Å²) in [7, 11) is 1.58. The molecule has 0 saturated carbocycles. The summed E-state index contributed by atoms with van der Waals surface area (Å²) >= 11 is 0. The summed E-state index contributed by atoms with van der Waals surface area (Å²) in [5.74, 6) is -0.721. The highest BCUT2D eigenvalue weighted by atomic mass is 16.7. The third-order valence-corrected chi connectivity index (χ3v) is 7.56. The molecule has 1 amide bonds. The van der Waals surface area contributed by atoms with E-state index in [9.17, 15) is 14.7 Å². The van der Waals surface area contributed by atoms with Gasteiger partial charge in [0.15, 0.2) is 11.4 Å². The Morgan fingerprint density at radius 2 is 1.97 bits per heavy atom. The van der Waals surface area contributed by atoms with E-state index < -0.39 is 35.7 Å². The number of allylic oxidation sites excluding steroid dienone is 2. The largest absolute Gasteiger partial charge is 0.477 e. The van der Waals surface area contributed by atoms with Crippen LogP contribution in [0.5, 0.6) is 0 Å². The van der Waals surface area contributed by atoms with Crippen LogP contribution in [0, 0.1) is 5.92 Å². The number of epoxide rings is 1. The van der Waals surface area contributed by atoms with Gasteiger partial charge in [0.2, 0.25) is 5.91 Å². The lowest BCUT2D eigenvalue weighted by molar-refractivity contribution is -0.284. The number of rotatable bonds is 9. The Morgan fingerprint density at radius 1 is 1.29 bits per heavy atom. The van der Waals surface area contributed by atoms with Crippen LogP contribution in [0.2, 0.25) is 0 Å². The van der Waals surface area contributed by atoms with Crippen molar-refractivity contribution in [2.75, 3.05) is 7.11 Å². The minimum absolute atomic E-state index is 0.0146. The van der Waals surface area contributed by atoms with Crippen molar-refractivity contribution in [3.63, 3.8) is 0 Å². The molecule has 9 atom stereocenters. The van der Waals surface area contributed by atoms with Gasteiger partial charge in [0, 0.05) is 20.1 Å². The quantitative estimate of drug-likeness (QED) is 0.200. The average molecular weight is 534 g/mol. The fraction of sp³-hybridized carbons (Fsp3) is 0.655. The maximum absolute atomic E-state index is 12.3. The molecular weight excluding hydrogens is 490 g/mol. The fourth-order valence-electron chi connectivity index (χ4n) is 5.14. The number of methoxy groups -OCH3 is 1. The van der Waals surface area contributed by atoms with Crippen molar-refractivity contribution in [2.24, 2.45) is 5.92 Å². The molecule has 9 nitrogen and oxygen atoms in total. The van der Waals surface area contributed by atoms with Gasteiger partial charge in [-0.25, -0.2) is 0 Å². The van der Waals surface area contributed by atoms with Crippen LogP contribution >= 0.6 is 0 Å². The van der Waals surface area contributed by atoms with E-state index in [1.807, 2.05) is 32.9 Å². The van der Waals surface area contributed by atoms with Crippen molar-refractivity contribution >= 4 is 11.9 Å². The molecule has 3 heterocycles. The zero-order valence-corrected chi connectivity index (χ0v) is 23.6. The summed E-state index contributed by atoms with van der Waals surface area (Å²) in [6.45, 7) is 14.8. The number of hydrogen-bond donors (Lipinski definition) is 2. The highest BCUT2D eigenvalue weighted by Crippen LogP contribution is 2.53.